The van der Waals surface area contributed by atoms with Crippen LogP contribution in [0.4, 0.5) is 0 Å². The second kappa shape index (κ2) is 8.00. The van der Waals surface area contributed by atoms with E-state index in [1.165, 1.54) is 5.56 Å². The molecule has 0 saturated carbocycles. The van der Waals surface area contributed by atoms with Crippen LogP contribution in [0.2, 0.25) is 0 Å². The summed E-state index contributed by atoms with van der Waals surface area (Å²) in [6, 6.07) is 13.4. The van der Waals surface area contributed by atoms with Gasteiger partial charge in [0.1, 0.15) is 17.9 Å². The number of benzene rings is 2. The fourth-order valence-corrected chi connectivity index (χ4v) is 2.97. The maximum atomic E-state index is 12.5. The summed E-state index contributed by atoms with van der Waals surface area (Å²) in [6.45, 7) is 11.6. The number of carbonyl (C=O) groups excluding carboxylic acids is 1. The normalized spacial score (nSPS) is 12.8. The second-order valence-electron chi connectivity index (χ2n) is 8.07. The Morgan fingerprint density at radius 2 is 1.89 bits per heavy atom. The smallest absolute Gasteiger partial charge is 0.251 e. The van der Waals surface area contributed by atoms with Crippen molar-refractivity contribution >= 4 is 16.9 Å². The van der Waals surface area contributed by atoms with E-state index in [9.17, 15) is 4.79 Å². The molecule has 0 fully saturated rings. The number of fused-ring (bicyclic) bond motifs is 1. The van der Waals surface area contributed by atoms with Crippen molar-refractivity contribution in [1.29, 1.82) is 0 Å². The van der Waals surface area contributed by atoms with Gasteiger partial charge in [0.25, 0.3) is 5.91 Å². The summed E-state index contributed by atoms with van der Waals surface area (Å²) in [5.41, 5.74) is 3.59. The lowest BCUT2D eigenvalue weighted by Crippen LogP contribution is -2.36. The Morgan fingerprint density at radius 3 is 2.54 bits per heavy atom. The molecule has 1 atom stereocenters. The summed E-state index contributed by atoms with van der Waals surface area (Å²) in [5.74, 6) is 0.652. The van der Waals surface area contributed by atoms with Crippen LogP contribution in [0.5, 0.6) is 5.75 Å². The number of hydrogen-bond acceptors (Lipinski definition) is 4. The van der Waals surface area contributed by atoms with E-state index in [4.69, 9.17) is 4.74 Å². The first-order chi connectivity index (χ1) is 13.3. The Morgan fingerprint density at radius 1 is 1.18 bits per heavy atom. The molecule has 0 radical (unpaired) electrons. The van der Waals surface area contributed by atoms with Gasteiger partial charge in [-0.3, -0.25) is 4.79 Å². The lowest BCUT2D eigenvalue weighted by Gasteiger charge is -2.20. The van der Waals surface area contributed by atoms with Crippen molar-refractivity contribution in [3.8, 4) is 5.75 Å². The zero-order valence-corrected chi connectivity index (χ0v) is 17.2. The van der Waals surface area contributed by atoms with Gasteiger partial charge < -0.3 is 10.1 Å². The lowest BCUT2D eigenvalue weighted by atomic mass is 9.87. The van der Waals surface area contributed by atoms with Gasteiger partial charge in [0.05, 0.1) is 11.6 Å². The van der Waals surface area contributed by atoms with Crippen LogP contribution in [0.3, 0.4) is 0 Å². The van der Waals surface area contributed by atoms with Crippen LogP contribution in [0, 0.1) is 0 Å². The van der Waals surface area contributed by atoms with Crippen molar-refractivity contribution < 1.29 is 9.53 Å². The van der Waals surface area contributed by atoms with Gasteiger partial charge in [0.15, 0.2) is 0 Å². The molecule has 0 aliphatic heterocycles. The highest BCUT2D eigenvalue weighted by Crippen LogP contribution is 2.24. The molecule has 148 valence electrons. The third-order valence-corrected chi connectivity index (χ3v) is 4.67. The van der Waals surface area contributed by atoms with Crippen molar-refractivity contribution in [1.82, 2.24) is 20.3 Å². The van der Waals surface area contributed by atoms with Gasteiger partial charge in [-0.2, -0.15) is 0 Å². The molecule has 0 aliphatic rings. The third-order valence-electron chi connectivity index (χ3n) is 4.67. The number of ether oxygens (including phenoxy) is 1. The minimum absolute atomic E-state index is 0.114. The number of aryl methyl sites for hydroxylation is 1. The predicted molar refractivity (Wildman–Crippen MR) is 111 cm³/mol. The maximum Gasteiger partial charge on any atom is 0.251 e. The standard InChI is InChI=1S/C22H28N4O2/c1-6-26-20-12-7-16(13-19(20)24-25-26)21(27)23-15(2)14-28-18-10-8-17(9-11-18)22(3,4)5/h7-13,15H,6,14H2,1-5H3,(H,23,27). The van der Waals surface area contributed by atoms with E-state index in [0.717, 1.165) is 23.3 Å². The lowest BCUT2D eigenvalue weighted by molar-refractivity contribution is 0.0927. The number of carbonyl (C=O) groups is 1. The Balaban J connectivity index is 1.57. The molecule has 1 aromatic heterocycles. The molecule has 0 saturated heterocycles. The van der Waals surface area contributed by atoms with E-state index in [-0.39, 0.29) is 17.4 Å². The Bertz CT molecular complexity index is 955. The summed E-state index contributed by atoms with van der Waals surface area (Å²) in [5, 5.41) is 11.2. The molecule has 1 amide bonds. The van der Waals surface area contributed by atoms with Crippen LogP contribution in [-0.2, 0) is 12.0 Å². The molecule has 3 rings (SSSR count). The maximum absolute atomic E-state index is 12.5. The van der Waals surface area contributed by atoms with Crippen LogP contribution in [0.1, 0.15) is 50.5 Å². The molecular formula is C22H28N4O2. The molecule has 28 heavy (non-hydrogen) atoms. The Hall–Kier alpha value is -2.89. The first kappa shape index (κ1) is 19.9. The van der Waals surface area contributed by atoms with Crippen LogP contribution in [0.15, 0.2) is 42.5 Å². The molecule has 0 spiro atoms. The zero-order valence-electron chi connectivity index (χ0n) is 17.2. The number of nitrogens with one attached hydrogen (secondary N) is 1. The molecule has 1 heterocycles. The highest BCUT2D eigenvalue weighted by molar-refractivity contribution is 5.97. The molecule has 6 nitrogen and oxygen atoms in total. The van der Waals surface area contributed by atoms with Gasteiger partial charge in [-0.05, 0) is 55.2 Å². The average molecular weight is 380 g/mol. The topological polar surface area (TPSA) is 69.0 Å². The number of amides is 1. The van der Waals surface area contributed by atoms with E-state index in [2.05, 4.69) is 48.5 Å². The quantitative estimate of drug-likeness (QED) is 0.703. The minimum Gasteiger partial charge on any atom is -0.491 e. The van der Waals surface area contributed by atoms with Crippen molar-refractivity contribution in [3.05, 3.63) is 53.6 Å². The molecular weight excluding hydrogens is 352 g/mol. The summed E-state index contributed by atoms with van der Waals surface area (Å²) in [6.07, 6.45) is 0. The number of hydrogen-bond donors (Lipinski definition) is 1. The Labute approximate surface area is 165 Å². The molecule has 1 N–H and O–H groups in total. The minimum atomic E-state index is -0.146. The van der Waals surface area contributed by atoms with Crippen LogP contribution in [0.25, 0.3) is 11.0 Å². The van der Waals surface area contributed by atoms with E-state index in [1.807, 2.05) is 32.0 Å². The van der Waals surface area contributed by atoms with Gasteiger partial charge >= 0.3 is 0 Å². The summed E-state index contributed by atoms with van der Waals surface area (Å²) < 4.78 is 7.62. The van der Waals surface area contributed by atoms with E-state index in [0.29, 0.717) is 12.2 Å². The van der Waals surface area contributed by atoms with Crippen LogP contribution in [-0.4, -0.2) is 33.5 Å². The first-order valence-electron chi connectivity index (χ1n) is 9.65. The van der Waals surface area contributed by atoms with E-state index >= 15 is 0 Å². The third kappa shape index (κ3) is 4.50. The SMILES string of the molecule is CCn1nnc2cc(C(=O)NC(C)COc3ccc(C(C)(C)C)cc3)ccc21. The van der Waals surface area contributed by atoms with Gasteiger partial charge in [0, 0.05) is 12.1 Å². The molecule has 0 aliphatic carbocycles. The second-order valence-corrected chi connectivity index (χ2v) is 8.07. The largest absolute Gasteiger partial charge is 0.491 e. The van der Waals surface area contributed by atoms with Gasteiger partial charge in [-0.15, -0.1) is 5.10 Å². The summed E-state index contributed by atoms with van der Waals surface area (Å²) >= 11 is 0. The molecule has 2 aromatic carbocycles. The zero-order chi connectivity index (χ0) is 20.3. The van der Waals surface area contributed by atoms with Crippen molar-refractivity contribution in [2.45, 2.75) is 52.6 Å². The number of rotatable bonds is 6. The van der Waals surface area contributed by atoms with Gasteiger partial charge in [-0.25, -0.2) is 4.68 Å². The molecule has 6 heteroatoms. The van der Waals surface area contributed by atoms with Crippen LogP contribution >= 0.6 is 0 Å². The highest BCUT2D eigenvalue weighted by atomic mass is 16.5. The number of aromatic nitrogens is 3. The molecule has 3 aromatic rings. The summed E-state index contributed by atoms with van der Waals surface area (Å²) in [4.78, 5) is 12.5. The Kier molecular flexibility index (Phi) is 5.68. The van der Waals surface area contributed by atoms with Crippen LogP contribution < -0.4 is 10.1 Å². The molecule has 0 bridgehead atoms. The van der Waals surface area contributed by atoms with E-state index in [1.54, 1.807) is 16.8 Å². The van der Waals surface area contributed by atoms with Crippen molar-refractivity contribution in [2.75, 3.05) is 6.61 Å². The highest BCUT2D eigenvalue weighted by Gasteiger charge is 2.15. The fraction of sp³-hybridized carbons (Fsp3) is 0.409. The van der Waals surface area contributed by atoms with Gasteiger partial charge in [-0.1, -0.05) is 38.1 Å². The first-order valence-corrected chi connectivity index (χ1v) is 9.65. The average Bonchev–Trinajstić information content (AvgIpc) is 3.08. The van der Waals surface area contributed by atoms with E-state index < -0.39 is 0 Å². The fourth-order valence-electron chi connectivity index (χ4n) is 2.97. The molecule has 1 unspecified atom stereocenters. The van der Waals surface area contributed by atoms with Gasteiger partial charge in [0.2, 0.25) is 0 Å². The number of nitrogens with zero attached hydrogens (tertiary/aromatic N) is 3. The van der Waals surface area contributed by atoms with Crippen molar-refractivity contribution in [2.24, 2.45) is 0 Å². The van der Waals surface area contributed by atoms with Crippen molar-refractivity contribution in [3.63, 3.8) is 0 Å². The summed E-state index contributed by atoms with van der Waals surface area (Å²) in [7, 11) is 0. The monoisotopic (exact) mass is 380 g/mol. The predicted octanol–water partition coefficient (Wildman–Crippen LogP) is 3.95.